The van der Waals surface area contributed by atoms with Crippen LogP contribution < -0.4 is 0 Å². The van der Waals surface area contributed by atoms with Gasteiger partial charge in [-0.15, -0.1) is 0 Å². The van der Waals surface area contributed by atoms with Gasteiger partial charge in [0, 0.05) is 11.1 Å². The zero-order valence-electron chi connectivity index (χ0n) is 9.60. The highest BCUT2D eigenvalue weighted by Crippen LogP contribution is 2.26. The van der Waals surface area contributed by atoms with Gasteiger partial charge in [-0.25, -0.2) is 4.98 Å². The molecule has 3 heteroatoms. The summed E-state index contributed by atoms with van der Waals surface area (Å²) in [5.74, 6) is 0.916. The fourth-order valence-corrected chi connectivity index (χ4v) is 2.56. The number of rotatable bonds is 2. The van der Waals surface area contributed by atoms with Crippen molar-refractivity contribution in [2.24, 2.45) is 0 Å². The van der Waals surface area contributed by atoms with Gasteiger partial charge >= 0.3 is 0 Å². The summed E-state index contributed by atoms with van der Waals surface area (Å²) in [5.41, 5.74) is 3.26. The zero-order valence-corrected chi connectivity index (χ0v) is 11.8. The highest BCUT2D eigenvalue weighted by Gasteiger charge is 2.10. The smallest absolute Gasteiger partial charge is 0.138 e. The molecule has 88 valence electrons. The minimum Gasteiger partial charge on any atom is -0.333 e. The Balaban J connectivity index is 2.07. The predicted octanol–water partition coefficient (Wildman–Crippen LogP) is 4.35. The highest BCUT2D eigenvalue weighted by atomic mass is 127. The molecule has 1 heterocycles. The van der Waals surface area contributed by atoms with Gasteiger partial charge in [-0.05, 0) is 22.6 Å². The number of nitrogens with one attached hydrogen (secondary N) is 1. The number of nitrogens with zero attached hydrogens (tertiary/aromatic N) is 1. The molecule has 18 heavy (non-hydrogen) atoms. The van der Waals surface area contributed by atoms with Crippen LogP contribution in [0.1, 0.15) is 0 Å². The van der Waals surface area contributed by atoms with Gasteiger partial charge in [0.05, 0.1) is 0 Å². The number of halogens is 1. The van der Waals surface area contributed by atoms with Crippen LogP contribution in [0.4, 0.5) is 0 Å². The molecule has 3 aromatic rings. The number of H-pyrrole nitrogens is 1. The van der Waals surface area contributed by atoms with E-state index in [1.807, 2.05) is 36.4 Å². The van der Waals surface area contributed by atoms with E-state index in [1.165, 1.54) is 0 Å². The molecular formula is C15H11IN2. The van der Waals surface area contributed by atoms with Crippen molar-refractivity contribution in [3.63, 3.8) is 0 Å². The zero-order chi connectivity index (χ0) is 12.4. The topological polar surface area (TPSA) is 28.7 Å². The van der Waals surface area contributed by atoms with Crippen molar-refractivity contribution < 1.29 is 0 Å². The lowest BCUT2D eigenvalue weighted by Crippen LogP contribution is -1.80. The summed E-state index contributed by atoms with van der Waals surface area (Å²) < 4.78 is 1.07. The molecule has 0 fully saturated rings. The molecule has 0 aliphatic rings. The van der Waals surface area contributed by atoms with Gasteiger partial charge < -0.3 is 4.98 Å². The van der Waals surface area contributed by atoms with Crippen LogP contribution in [0.5, 0.6) is 0 Å². The monoisotopic (exact) mass is 346 g/mol. The van der Waals surface area contributed by atoms with Crippen LogP contribution in [0.2, 0.25) is 0 Å². The van der Waals surface area contributed by atoms with E-state index in [1.54, 1.807) is 0 Å². The Morgan fingerprint density at radius 2 is 1.33 bits per heavy atom. The fourth-order valence-electron chi connectivity index (χ4n) is 1.87. The molecule has 0 aliphatic heterocycles. The van der Waals surface area contributed by atoms with Gasteiger partial charge in [-0.3, -0.25) is 0 Å². The largest absolute Gasteiger partial charge is 0.333 e. The molecular weight excluding hydrogens is 335 g/mol. The number of benzene rings is 2. The Labute approximate surface area is 119 Å². The average Bonchev–Trinajstić information content (AvgIpc) is 2.83. The number of hydrogen-bond donors (Lipinski definition) is 1. The Bertz CT molecular complexity index is 645. The average molecular weight is 346 g/mol. The summed E-state index contributed by atoms with van der Waals surface area (Å²) in [6.07, 6.45) is 0. The molecule has 2 nitrogen and oxygen atoms in total. The highest BCUT2D eigenvalue weighted by molar-refractivity contribution is 14.1. The normalized spacial score (nSPS) is 10.5. The van der Waals surface area contributed by atoms with Crippen LogP contribution in [0, 0.1) is 3.70 Å². The van der Waals surface area contributed by atoms with E-state index in [-0.39, 0.29) is 0 Å². The molecule has 0 bridgehead atoms. The third-order valence-electron chi connectivity index (χ3n) is 2.75. The molecule has 0 amide bonds. The lowest BCUT2D eigenvalue weighted by Gasteiger charge is -1.96. The molecule has 2 aromatic carbocycles. The third kappa shape index (κ3) is 2.18. The van der Waals surface area contributed by atoms with Crippen LogP contribution in [0.3, 0.4) is 0 Å². The summed E-state index contributed by atoms with van der Waals surface area (Å²) in [6.45, 7) is 0. The maximum Gasteiger partial charge on any atom is 0.138 e. The maximum absolute atomic E-state index is 4.69. The second-order valence-corrected chi connectivity index (χ2v) is 5.06. The first-order valence-corrected chi connectivity index (χ1v) is 6.79. The van der Waals surface area contributed by atoms with Crippen molar-refractivity contribution in [3.05, 3.63) is 64.4 Å². The Hall–Kier alpha value is -1.62. The summed E-state index contributed by atoms with van der Waals surface area (Å²) in [7, 11) is 0. The minimum atomic E-state index is 0.916. The minimum absolute atomic E-state index is 0.916. The molecule has 0 unspecified atom stereocenters. The van der Waals surface area contributed by atoms with E-state index in [2.05, 4.69) is 56.8 Å². The van der Waals surface area contributed by atoms with Gasteiger partial charge in [-0.2, -0.15) is 0 Å². The van der Waals surface area contributed by atoms with Crippen molar-refractivity contribution in [2.45, 2.75) is 0 Å². The van der Waals surface area contributed by atoms with Crippen molar-refractivity contribution >= 4 is 22.6 Å². The van der Waals surface area contributed by atoms with Gasteiger partial charge in [0.25, 0.3) is 0 Å². The Morgan fingerprint density at radius 3 is 1.94 bits per heavy atom. The quantitative estimate of drug-likeness (QED) is 0.687. The summed E-state index contributed by atoms with van der Waals surface area (Å²) in [4.78, 5) is 8.02. The van der Waals surface area contributed by atoms with Crippen molar-refractivity contribution in [3.8, 4) is 22.6 Å². The van der Waals surface area contributed by atoms with Gasteiger partial charge in [0.1, 0.15) is 15.2 Å². The summed E-state index contributed by atoms with van der Waals surface area (Å²) >= 11 is 2.29. The van der Waals surface area contributed by atoms with E-state index >= 15 is 0 Å². The lowest BCUT2D eigenvalue weighted by atomic mass is 10.2. The fraction of sp³-hybridized carbons (Fsp3) is 0. The van der Waals surface area contributed by atoms with Gasteiger partial charge in [0.2, 0.25) is 0 Å². The van der Waals surface area contributed by atoms with Gasteiger partial charge in [0.15, 0.2) is 0 Å². The van der Waals surface area contributed by atoms with Crippen LogP contribution in [0.15, 0.2) is 60.7 Å². The van der Waals surface area contributed by atoms with Crippen LogP contribution in [0.25, 0.3) is 22.6 Å². The van der Waals surface area contributed by atoms with E-state index in [0.29, 0.717) is 0 Å². The van der Waals surface area contributed by atoms with Crippen molar-refractivity contribution in [1.82, 2.24) is 9.97 Å². The van der Waals surface area contributed by atoms with Crippen LogP contribution in [-0.4, -0.2) is 9.97 Å². The van der Waals surface area contributed by atoms with Crippen molar-refractivity contribution in [2.75, 3.05) is 0 Å². The van der Waals surface area contributed by atoms with Crippen LogP contribution in [-0.2, 0) is 0 Å². The molecule has 0 radical (unpaired) electrons. The third-order valence-corrected chi connectivity index (χ3v) is 3.53. The summed E-state index contributed by atoms with van der Waals surface area (Å²) in [6, 6.07) is 20.4. The number of hydrogen-bond acceptors (Lipinski definition) is 1. The van der Waals surface area contributed by atoms with Crippen molar-refractivity contribution in [1.29, 1.82) is 0 Å². The van der Waals surface area contributed by atoms with E-state index < -0.39 is 0 Å². The van der Waals surface area contributed by atoms with E-state index in [4.69, 9.17) is 0 Å². The second-order valence-electron chi connectivity index (χ2n) is 3.98. The first-order chi connectivity index (χ1) is 8.84. The second kappa shape index (κ2) is 4.94. The molecule has 0 aliphatic carbocycles. The van der Waals surface area contributed by atoms with E-state index in [0.717, 1.165) is 26.3 Å². The summed E-state index contributed by atoms with van der Waals surface area (Å²) in [5, 5.41) is 0. The lowest BCUT2D eigenvalue weighted by molar-refractivity contribution is 1.30. The number of aromatic amines is 1. The van der Waals surface area contributed by atoms with Crippen LogP contribution >= 0.6 is 22.6 Å². The molecule has 0 saturated heterocycles. The Kier molecular flexibility index (Phi) is 3.15. The predicted molar refractivity (Wildman–Crippen MR) is 82.2 cm³/mol. The molecule has 1 aromatic heterocycles. The SMILES string of the molecule is Ic1[nH]c(-c2ccccc2)nc1-c1ccccc1. The first kappa shape index (κ1) is 11.5. The molecule has 0 saturated carbocycles. The standard InChI is InChI=1S/C15H11IN2/c16-14-13(11-7-3-1-4-8-11)17-15(18-14)12-9-5-2-6-10-12/h1-10H,(H,17,18). The maximum atomic E-state index is 4.69. The molecule has 0 spiro atoms. The van der Waals surface area contributed by atoms with E-state index in [9.17, 15) is 0 Å². The number of imidazole rings is 1. The Morgan fingerprint density at radius 1 is 0.778 bits per heavy atom. The first-order valence-electron chi connectivity index (χ1n) is 5.71. The number of aromatic nitrogens is 2. The molecule has 0 atom stereocenters. The molecule has 1 N–H and O–H groups in total. The van der Waals surface area contributed by atoms with Gasteiger partial charge in [-0.1, -0.05) is 60.7 Å². The molecule has 3 rings (SSSR count).